The van der Waals surface area contributed by atoms with Crippen LogP contribution in [-0.2, 0) is 12.8 Å². The SMILES string of the molecule is Oc1ccc(CCCSCCCSSCCCSCCCc2ccc(O)c(-c3ccccc3)c2)cc1-c1ccccc1. The van der Waals surface area contributed by atoms with E-state index in [0.29, 0.717) is 11.5 Å². The lowest BCUT2D eigenvalue weighted by molar-refractivity contribution is 0.476. The average Bonchev–Trinajstić information content (AvgIpc) is 3.03. The summed E-state index contributed by atoms with van der Waals surface area (Å²) in [4.78, 5) is 0. The predicted octanol–water partition coefficient (Wildman–Crippen LogP) is 10.6. The standard InChI is InChI=1S/C36H42O2S4/c37-35-19-17-29(27-33(35)31-13-3-1-4-14-31)11-7-21-39-23-9-25-41-42-26-10-24-40-22-8-12-30-18-20-36(38)34(28-30)32-15-5-2-6-16-32/h1-6,13-20,27-28,37-38H,7-12,21-26H2. The highest BCUT2D eigenvalue weighted by molar-refractivity contribution is 8.76. The highest BCUT2D eigenvalue weighted by Crippen LogP contribution is 2.32. The van der Waals surface area contributed by atoms with Crippen molar-refractivity contribution in [3.63, 3.8) is 0 Å². The first-order chi connectivity index (χ1) is 20.7. The lowest BCUT2D eigenvalue weighted by Gasteiger charge is -2.08. The molecule has 0 unspecified atom stereocenters. The smallest absolute Gasteiger partial charge is 0.123 e. The molecule has 4 aromatic carbocycles. The zero-order chi connectivity index (χ0) is 29.2. The van der Waals surface area contributed by atoms with Crippen LogP contribution in [0.1, 0.15) is 36.8 Å². The lowest BCUT2D eigenvalue weighted by Crippen LogP contribution is -1.92. The number of rotatable bonds is 19. The molecule has 0 fully saturated rings. The number of thioether (sulfide) groups is 2. The lowest BCUT2D eigenvalue weighted by atomic mass is 10.00. The molecule has 0 heterocycles. The van der Waals surface area contributed by atoms with E-state index in [1.54, 1.807) is 0 Å². The molecule has 2 nitrogen and oxygen atoms in total. The molecule has 0 bridgehead atoms. The van der Waals surface area contributed by atoms with Gasteiger partial charge in [0.2, 0.25) is 0 Å². The molecule has 0 radical (unpaired) electrons. The van der Waals surface area contributed by atoms with Gasteiger partial charge >= 0.3 is 0 Å². The van der Waals surface area contributed by atoms with E-state index in [9.17, 15) is 10.2 Å². The van der Waals surface area contributed by atoms with Gasteiger partial charge < -0.3 is 10.2 Å². The van der Waals surface area contributed by atoms with Crippen LogP contribution >= 0.6 is 45.1 Å². The monoisotopic (exact) mass is 634 g/mol. The second kappa shape index (κ2) is 19.2. The fraction of sp³-hybridized carbons (Fsp3) is 0.333. The maximum atomic E-state index is 10.3. The molecule has 222 valence electrons. The molecule has 2 N–H and O–H groups in total. The van der Waals surface area contributed by atoms with E-state index in [4.69, 9.17) is 0 Å². The van der Waals surface area contributed by atoms with E-state index in [1.165, 1.54) is 71.3 Å². The van der Waals surface area contributed by atoms with Crippen molar-refractivity contribution in [3.05, 3.63) is 108 Å². The fourth-order valence-electron chi connectivity index (χ4n) is 4.69. The Morgan fingerprint density at radius 1 is 0.429 bits per heavy atom. The van der Waals surface area contributed by atoms with Gasteiger partial charge in [-0.3, -0.25) is 0 Å². The molecule has 0 atom stereocenters. The Balaban J connectivity index is 0.952. The Labute approximate surface area is 268 Å². The van der Waals surface area contributed by atoms with Crippen molar-refractivity contribution in [2.24, 2.45) is 0 Å². The highest BCUT2D eigenvalue weighted by atomic mass is 33.1. The molecule has 0 aromatic heterocycles. The summed E-state index contributed by atoms with van der Waals surface area (Å²) in [5, 5.41) is 20.5. The molecule has 0 amide bonds. The van der Waals surface area contributed by atoms with Crippen molar-refractivity contribution >= 4 is 45.1 Å². The molecule has 6 heteroatoms. The largest absolute Gasteiger partial charge is 0.507 e. The number of phenolic OH excluding ortho intramolecular Hbond substituents is 2. The zero-order valence-corrected chi connectivity index (χ0v) is 27.5. The minimum Gasteiger partial charge on any atom is -0.507 e. The molecular weight excluding hydrogens is 593 g/mol. The first-order valence-corrected chi connectivity index (χ1v) is 19.6. The Kier molecular flexibility index (Phi) is 15.0. The first kappa shape index (κ1) is 32.8. The Morgan fingerprint density at radius 2 is 0.833 bits per heavy atom. The third kappa shape index (κ3) is 11.5. The van der Waals surface area contributed by atoms with Gasteiger partial charge in [-0.1, -0.05) is 94.4 Å². The maximum Gasteiger partial charge on any atom is 0.123 e. The minimum absolute atomic E-state index is 0.355. The van der Waals surface area contributed by atoms with Crippen molar-refractivity contribution in [3.8, 4) is 33.8 Å². The summed E-state index contributed by atoms with van der Waals surface area (Å²) >= 11 is 4.13. The summed E-state index contributed by atoms with van der Waals surface area (Å²) in [6.45, 7) is 0. The number of hydrogen-bond acceptors (Lipinski definition) is 6. The van der Waals surface area contributed by atoms with Crippen molar-refractivity contribution < 1.29 is 10.2 Å². The molecule has 0 saturated carbocycles. The van der Waals surface area contributed by atoms with Gasteiger partial charge in [0, 0.05) is 22.6 Å². The van der Waals surface area contributed by atoms with E-state index in [0.717, 1.165) is 35.1 Å². The summed E-state index contributed by atoms with van der Waals surface area (Å²) < 4.78 is 0. The second-order valence-electron chi connectivity index (χ2n) is 10.2. The summed E-state index contributed by atoms with van der Waals surface area (Å²) in [6.07, 6.45) is 7.01. The van der Waals surface area contributed by atoms with Gasteiger partial charge in [0.1, 0.15) is 11.5 Å². The minimum atomic E-state index is 0.355. The average molecular weight is 635 g/mol. The van der Waals surface area contributed by atoms with Gasteiger partial charge in [0.15, 0.2) is 0 Å². The molecule has 4 rings (SSSR count). The Bertz CT molecular complexity index is 1210. The Morgan fingerprint density at radius 3 is 1.26 bits per heavy atom. The summed E-state index contributed by atoms with van der Waals surface area (Å²) in [7, 11) is 4.06. The van der Waals surface area contributed by atoms with Crippen LogP contribution in [0.2, 0.25) is 0 Å². The normalized spacial score (nSPS) is 11.1. The molecule has 0 spiro atoms. The number of benzene rings is 4. The van der Waals surface area contributed by atoms with Crippen LogP contribution in [0, 0.1) is 0 Å². The van der Waals surface area contributed by atoms with Gasteiger partial charge in [-0.15, -0.1) is 0 Å². The number of aromatic hydroxyl groups is 2. The molecule has 0 saturated heterocycles. The molecule has 4 aromatic rings. The van der Waals surface area contributed by atoms with Crippen LogP contribution in [0.3, 0.4) is 0 Å². The van der Waals surface area contributed by atoms with Gasteiger partial charge in [0.25, 0.3) is 0 Å². The molecule has 0 aliphatic heterocycles. The maximum absolute atomic E-state index is 10.3. The first-order valence-electron chi connectivity index (χ1n) is 14.9. The molecule has 0 aliphatic rings. The van der Waals surface area contributed by atoms with Crippen molar-refractivity contribution in [1.82, 2.24) is 0 Å². The van der Waals surface area contributed by atoms with E-state index in [-0.39, 0.29) is 0 Å². The summed E-state index contributed by atoms with van der Waals surface area (Å²) in [5.74, 6) is 8.04. The molecule has 0 aliphatic carbocycles. The Hall–Kier alpha value is -2.12. The van der Waals surface area contributed by atoms with Gasteiger partial charge in [0.05, 0.1) is 0 Å². The van der Waals surface area contributed by atoms with Crippen molar-refractivity contribution in [2.45, 2.75) is 38.5 Å². The van der Waals surface area contributed by atoms with E-state index < -0.39 is 0 Å². The van der Waals surface area contributed by atoms with Gasteiger partial charge in [-0.25, -0.2) is 0 Å². The van der Waals surface area contributed by atoms with E-state index in [2.05, 4.69) is 47.8 Å². The molecular formula is C36H42O2S4. The zero-order valence-electron chi connectivity index (χ0n) is 24.3. The topological polar surface area (TPSA) is 40.5 Å². The van der Waals surface area contributed by atoms with Crippen LogP contribution < -0.4 is 0 Å². The number of phenols is 2. The van der Waals surface area contributed by atoms with Crippen LogP contribution in [0.15, 0.2) is 97.1 Å². The van der Waals surface area contributed by atoms with Gasteiger partial charge in [-0.05, 0) is 108 Å². The van der Waals surface area contributed by atoms with E-state index >= 15 is 0 Å². The third-order valence-corrected chi connectivity index (χ3v) is 11.8. The predicted molar refractivity (Wildman–Crippen MR) is 193 cm³/mol. The highest BCUT2D eigenvalue weighted by Gasteiger charge is 2.07. The number of aryl methyl sites for hydroxylation is 2. The summed E-state index contributed by atoms with van der Waals surface area (Å²) in [6, 6.07) is 32.3. The molecule has 42 heavy (non-hydrogen) atoms. The van der Waals surface area contributed by atoms with Crippen molar-refractivity contribution in [2.75, 3.05) is 34.5 Å². The van der Waals surface area contributed by atoms with Crippen LogP contribution in [-0.4, -0.2) is 44.7 Å². The number of hydrogen-bond donors (Lipinski definition) is 2. The van der Waals surface area contributed by atoms with Crippen LogP contribution in [0.5, 0.6) is 11.5 Å². The quantitative estimate of drug-likeness (QED) is 0.0790. The summed E-state index contributed by atoms with van der Waals surface area (Å²) in [5.41, 5.74) is 6.59. The third-order valence-electron chi connectivity index (χ3n) is 6.92. The second-order valence-corrected chi connectivity index (χ2v) is 15.4. The van der Waals surface area contributed by atoms with Crippen LogP contribution in [0.25, 0.3) is 22.3 Å². The van der Waals surface area contributed by atoms with Crippen molar-refractivity contribution in [1.29, 1.82) is 0 Å². The van der Waals surface area contributed by atoms with Gasteiger partial charge in [-0.2, -0.15) is 23.5 Å². The van der Waals surface area contributed by atoms with E-state index in [1.807, 2.05) is 94.4 Å². The van der Waals surface area contributed by atoms with Crippen LogP contribution in [0.4, 0.5) is 0 Å². The fourth-order valence-corrected chi connectivity index (χ4v) is 9.04.